The molecule has 1 amide bonds. The lowest BCUT2D eigenvalue weighted by Crippen LogP contribution is -2.28. The zero-order valence-corrected chi connectivity index (χ0v) is 12.6. The Balaban J connectivity index is 2.12. The monoisotopic (exact) mass is 307 g/mol. The Morgan fingerprint density at radius 1 is 1.52 bits per heavy atom. The SMILES string of the molecule is CC1CCC(C(=O)Nc2ccc(Cl)cc2C#CCCO)O1. The van der Waals surface area contributed by atoms with Crippen molar-refractivity contribution in [2.45, 2.75) is 38.4 Å². The molecular weight excluding hydrogens is 290 g/mol. The summed E-state index contributed by atoms with van der Waals surface area (Å²) in [6.45, 7) is 1.96. The second kappa shape index (κ2) is 7.46. The van der Waals surface area contributed by atoms with E-state index in [1.807, 2.05) is 6.92 Å². The molecule has 5 heteroatoms. The highest BCUT2D eigenvalue weighted by Crippen LogP contribution is 2.23. The van der Waals surface area contributed by atoms with Crippen molar-refractivity contribution in [3.63, 3.8) is 0 Å². The van der Waals surface area contributed by atoms with Crippen LogP contribution in [0.15, 0.2) is 18.2 Å². The van der Waals surface area contributed by atoms with Gasteiger partial charge in [0.1, 0.15) is 6.10 Å². The predicted octanol–water partition coefficient (Wildman–Crippen LogP) is 2.58. The molecule has 112 valence electrons. The maximum Gasteiger partial charge on any atom is 0.253 e. The highest BCUT2D eigenvalue weighted by atomic mass is 35.5. The Morgan fingerprint density at radius 2 is 2.33 bits per heavy atom. The Kier molecular flexibility index (Phi) is 5.63. The molecule has 2 unspecified atom stereocenters. The Hall–Kier alpha value is -1.54. The Labute approximate surface area is 129 Å². The molecule has 21 heavy (non-hydrogen) atoms. The van der Waals surface area contributed by atoms with E-state index in [-0.39, 0.29) is 18.6 Å². The van der Waals surface area contributed by atoms with Crippen LogP contribution in [-0.4, -0.2) is 29.8 Å². The fourth-order valence-corrected chi connectivity index (χ4v) is 2.32. The van der Waals surface area contributed by atoms with Gasteiger partial charge in [-0.3, -0.25) is 4.79 Å². The van der Waals surface area contributed by atoms with Crippen LogP contribution in [-0.2, 0) is 9.53 Å². The van der Waals surface area contributed by atoms with Gasteiger partial charge in [-0.25, -0.2) is 0 Å². The third kappa shape index (κ3) is 4.47. The van der Waals surface area contributed by atoms with E-state index in [9.17, 15) is 4.79 Å². The number of rotatable bonds is 3. The minimum absolute atomic E-state index is 0.00304. The standard InChI is InChI=1S/C16H18ClNO3/c1-11-5-8-15(21-11)16(20)18-14-7-6-13(17)10-12(14)4-2-3-9-19/h6-7,10-11,15,19H,3,5,8-9H2,1H3,(H,18,20). The first kappa shape index (κ1) is 15.8. The molecule has 1 aliphatic heterocycles. The van der Waals surface area contributed by atoms with Crippen molar-refractivity contribution >= 4 is 23.2 Å². The molecule has 1 aliphatic rings. The minimum atomic E-state index is -0.408. The lowest BCUT2D eigenvalue weighted by molar-refractivity contribution is -0.126. The van der Waals surface area contributed by atoms with Gasteiger partial charge in [-0.2, -0.15) is 0 Å². The number of ether oxygens (including phenoxy) is 1. The average Bonchev–Trinajstić information content (AvgIpc) is 2.88. The zero-order valence-electron chi connectivity index (χ0n) is 11.9. The quantitative estimate of drug-likeness (QED) is 0.844. The first-order chi connectivity index (χ1) is 10.1. The molecule has 0 saturated carbocycles. The fourth-order valence-electron chi connectivity index (χ4n) is 2.15. The lowest BCUT2D eigenvalue weighted by atomic mass is 10.1. The number of aliphatic hydroxyl groups excluding tert-OH is 1. The van der Waals surface area contributed by atoms with Gasteiger partial charge in [0.15, 0.2) is 0 Å². The summed E-state index contributed by atoms with van der Waals surface area (Å²) in [5.74, 6) is 5.58. The summed E-state index contributed by atoms with van der Waals surface area (Å²) in [7, 11) is 0. The van der Waals surface area contributed by atoms with Crippen molar-refractivity contribution in [2.75, 3.05) is 11.9 Å². The average molecular weight is 308 g/mol. The number of nitrogens with one attached hydrogen (secondary N) is 1. The first-order valence-corrected chi connectivity index (χ1v) is 7.33. The molecule has 0 radical (unpaired) electrons. The number of hydrogen-bond acceptors (Lipinski definition) is 3. The van der Waals surface area contributed by atoms with E-state index in [0.29, 0.717) is 22.7 Å². The van der Waals surface area contributed by atoms with Crippen molar-refractivity contribution in [1.82, 2.24) is 0 Å². The number of benzene rings is 1. The van der Waals surface area contributed by atoms with Crippen LogP contribution in [0.3, 0.4) is 0 Å². The smallest absolute Gasteiger partial charge is 0.253 e. The van der Waals surface area contributed by atoms with Crippen LogP contribution < -0.4 is 5.32 Å². The number of anilines is 1. The maximum atomic E-state index is 12.2. The Morgan fingerprint density at radius 3 is 3.00 bits per heavy atom. The van der Waals surface area contributed by atoms with Crippen LogP contribution >= 0.6 is 11.6 Å². The summed E-state index contributed by atoms with van der Waals surface area (Å²) in [5, 5.41) is 12.2. The maximum absolute atomic E-state index is 12.2. The van der Waals surface area contributed by atoms with Crippen LogP contribution in [0.5, 0.6) is 0 Å². The molecule has 2 atom stereocenters. The number of carbonyl (C=O) groups is 1. The molecule has 0 bridgehead atoms. The fraction of sp³-hybridized carbons (Fsp3) is 0.438. The summed E-state index contributed by atoms with van der Waals surface area (Å²) in [5.41, 5.74) is 1.24. The third-order valence-corrected chi connectivity index (χ3v) is 3.46. The predicted molar refractivity (Wildman–Crippen MR) is 82.2 cm³/mol. The van der Waals surface area contributed by atoms with Gasteiger partial charge >= 0.3 is 0 Å². The van der Waals surface area contributed by atoms with Gasteiger partial charge in [0.05, 0.1) is 18.4 Å². The summed E-state index contributed by atoms with van der Waals surface area (Å²) >= 11 is 5.96. The molecule has 2 N–H and O–H groups in total. The van der Waals surface area contributed by atoms with Crippen LogP contribution in [0.25, 0.3) is 0 Å². The van der Waals surface area contributed by atoms with Gasteiger partial charge in [0.2, 0.25) is 0 Å². The van der Waals surface area contributed by atoms with E-state index in [2.05, 4.69) is 17.2 Å². The molecule has 1 saturated heterocycles. The Bertz CT molecular complexity index is 577. The molecule has 0 spiro atoms. The van der Waals surface area contributed by atoms with E-state index in [1.54, 1.807) is 18.2 Å². The molecule has 0 aliphatic carbocycles. The van der Waals surface area contributed by atoms with Gasteiger partial charge < -0.3 is 15.2 Å². The van der Waals surface area contributed by atoms with Crippen molar-refractivity contribution < 1.29 is 14.6 Å². The summed E-state index contributed by atoms with van der Waals surface area (Å²) in [4.78, 5) is 12.2. The van der Waals surface area contributed by atoms with Crippen LogP contribution in [0, 0.1) is 11.8 Å². The van der Waals surface area contributed by atoms with Crippen molar-refractivity contribution in [1.29, 1.82) is 0 Å². The van der Waals surface area contributed by atoms with E-state index in [1.165, 1.54) is 0 Å². The molecular formula is C16H18ClNO3. The second-order valence-corrected chi connectivity index (χ2v) is 5.40. The molecule has 1 heterocycles. The minimum Gasteiger partial charge on any atom is -0.395 e. The van der Waals surface area contributed by atoms with Crippen LogP contribution in [0.1, 0.15) is 31.7 Å². The molecule has 0 aromatic heterocycles. The molecule has 2 rings (SSSR count). The molecule has 1 aromatic rings. The van der Waals surface area contributed by atoms with Crippen molar-refractivity contribution in [3.05, 3.63) is 28.8 Å². The van der Waals surface area contributed by atoms with Crippen molar-refractivity contribution in [2.24, 2.45) is 0 Å². The number of hydrogen-bond donors (Lipinski definition) is 2. The number of carbonyl (C=O) groups excluding carboxylic acids is 1. The van der Waals surface area contributed by atoms with E-state index in [0.717, 1.165) is 12.8 Å². The second-order valence-electron chi connectivity index (χ2n) is 4.97. The largest absolute Gasteiger partial charge is 0.395 e. The normalized spacial score (nSPS) is 20.7. The van der Waals surface area contributed by atoms with E-state index < -0.39 is 6.10 Å². The molecule has 1 aromatic carbocycles. The van der Waals surface area contributed by atoms with Crippen LogP contribution in [0.2, 0.25) is 5.02 Å². The lowest BCUT2D eigenvalue weighted by Gasteiger charge is -2.13. The summed E-state index contributed by atoms with van der Waals surface area (Å²) in [6.07, 6.45) is 1.71. The number of aliphatic hydroxyl groups is 1. The third-order valence-electron chi connectivity index (χ3n) is 3.22. The summed E-state index contributed by atoms with van der Waals surface area (Å²) in [6, 6.07) is 5.12. The first-order valence-electron chi connectivity index (χ1n) is 6.95. The number of halogens is 1. The van der Waals surface area contributed by atoms with E-state index >= 15 is 0 Å². The van der Waals surface area contributed by atoms with E-state index in [4.69, 9.17) is 21.4 Å². The highest BCUT2D eigenvalue weighted by molar-refractivity contribution is 6.30. The molecule has 4 nitrogen and oxygen atoms in total. The highest BCUT2D eigenvalue weighted by Gasteiger charge is 2.28. The van der Waals surface area contributed by atoms with Gasteiger partial charge in [-0.15, -0.1) is 0 Å². The van der Waals surface area contributed by atoms with Gasteiger partial charge in [-0.1, -0.05) is 23.4 Å². The zero-order chi connectivity index (χ0) is 15.2. The number of amides is 1. The van der Waals surface area contributed by atoms with Crippen LogP contribution in [0.4, 0.5) is 5.69 Å². The van der Waals surface area contributed by atoms with Gasteiger partial charge in [0.25, 0.3) is 5.91 Å². The van der Waals surface area contributed by atoms with Gasteiger partial charge in [0, 0.05) is 17.0 Å². The summed E-state index contributed by atoms with van der Waals surface area (Å²) < 4.78 is 5.55. The van der Waals surface area contributed by atoms with Crippen molar-refractivity contribution in [3.8, 4) is 11.8 Å². The topological polar surface area (TPSA) is 58.6 Å². The van der Waals surface area contributed by atoms with Gasteiger partial charge in [-0.05, 0) is 38.0 Å². The molecule has 1 fully saturated rings.